The lowest BCUT2D eigenvalue weighted by molar-refractivity contribution is -0.137. The van der Waals surface area contributed by atoms with E-state index in [1.165, 1.54) is 0 Å². The highest BCUT2D eigenvalue weighted by Crippen LogP contribution is 2.34. The molecule has 1 fully saturated rings. The monoisotopic (exact) mass is 279 g/mol. The van der Waals surface area contributed by atoms with Gasteiger partial charge in [0, 0.05) is 19.1 Å². The lowest BCUT2D eigenvalue weighted by atomic mass is 10.1. The molecule has 1 unspecified atom stereocenters. The number of hydrogen-bond acceptors (Lipinski definition) is 4. The van der Waals surface area contributed by atoms with Gasteiger partial charge in [0.15, 0.2) is 5.82 Å². The molecule has 0 radical (unpaired) electrons. The van der Waals surface area contributed by atoms with Crippen LogP contribution in [-0.2, 0) is 17.9 Å². The Morgan fingerprint density at radius 3 is 2.95 bits per heavy atom. The lowest BCUT2D eigenvalue weighted by Crippen LogP contribution is -2.48. The maximum absolute atomic E-state index is 12.2. The van der Waals surface area contributed by atoms with E-state index in [1.807, 2.05) is 4.57 Å². The first-order chi connectivity index (χ1) is 9.63. The van der Waals surface area contributed by atoms with Crippen LogP contribution in [0.5, 0.6) is 0 Å². The van der Waals surface area contributed by atoms with Gasteiger partial charge < -0.3 is 19.9 Å². The van der Waals surface area contributed by atoms with Crippen LogP contribution in [0.4, 0.5) is 4.79 Å². The van der Waals surface area contributed by atoms with Gasteiger partial charge in [0.1, 0.15) is 6.33 Å². The molecule has 108 valence electrons. The van der Waals surface area contributed by atoms with Crippen LogP contribution in [0.15, 0.2) is 6.33 Å². The number of urea groups is 1. The van der Waals surface area contributed by atoms with E-state index in [4.69, 9.17) is 5.11 Å². The van der Waals surface area contributed by atoms with E-state index in [1.54, 1.807) is 11.2 Å². The number of rotatable bonds is 4. The van der Waals surface area contributed by atoms with Gasteiger partial charge in [0.05, 0.1) is 13.0 Å². The third-order valence-electron chi connectivity index (χ3n) is 3.82. The molecule has 1 saturated carbocycles. The van der Waals surface area contributed by atoms with Gasteiger partial charge in [0.25, 0.3) is 0 Å². The van der Waals surface area contributed by atoms with Crippen molar-refractivity contribution >= 4 is 12.0 Å². The molecule has 1 aromatic rings. The van der Waals surface area contributed by atoms with Crippen LogP contribution >= 0.6 is 0 Å². The highest BCUT2D eigenvalue weighted by molar-refractivity contribution is 5.76. The summed E-state index contributed by atoms with van der Waals surface area (Å²) in [5.41, 5.74) is 0. The Labute approximate surface area is 115 Å². The van der Waals surface area contributed by atoms with Crippen molar-refractivity contribution in [2.75, 3.05) is 6.54 Å². The smallest absolute Gasteiger partial charge is 0.318 e. The predicted octanol–water partition coefficient (Wildman–Crippen LogP) is 0.0566. The van der Waals surface area contributed by atoms with E-state index in [-0.39, 0.29) is 18.5 Å². The molecule has 2 N–H and O–H groups in total. The third-order valence-corrected chi connectivity index (χ3v) is 3.82. The van der Waals surface area contributed by atoms with Crippen molar-refractivity contribution in [2.24, 2.45) is 5.92 Å². The first-order valence-electron chi connectivity index (χ1n) is 6.77. The van der Waals surface area contributed by atoms with Crippen molar-refractivity contribution in [3.8, 4) is 0 Å². The fourth-order valence-corrected chi connectivity index (χ4v) is 2.51. The molecule has 0 saturated heterocycles. The topological polar surface area (TPSA) is 100 Å². The number of carboxylic acid groups (broad SMARTS) is 1. The Morgan fingerprint density at radius 1 is 1.45 bits per heavy atom. The fourth-order valence-electron chi connectivity index (χ4n) is 2.51. The Hall–Kier alpha value is -2.12. The van der Waals surface area contributed by atoms with Crippen LogP contribution in [0.1, 0.15) is 25.1 Å². The number of amides is 2. The zero-order chi connectivity index (χ0) is 14.1. The predicted molar refractivity (Wildman–Crippen MR) is 67.7 cm³/mol. The average molecular weight is 279 g/mol. The van der Waals surface area contributed by atoms with Gasteiger partial charge in [0.2, 0.25) is 0 Å². The maximum Gasteiger partial charge on any atom is 0.318 e. The van der Waals surface area contributed by atoms with Crippen LogP contribution in [0.3, 0.4) is 0 Å². The van der Waals surface area contributed by atoms with Gasteiger partial charge in [-0.15, -0.1) is 10.2 Å². The fraction of sp³-hybridized carbons (Fsp3) is 0.667. The second kappa shape index (κ2) is 5.10. The number of hydrogen-bond donors (Lipinski definition) is 2. The highest BCUT2D eigenvalue weighted by atomic mass is 16.4. The van der Waals surface area contributed by atoms with Crippen molar-refractivity contribution in [1.29, 1.82) is 0 Å². The summed E-state index contributed by atoms with van der Waals surface area (Å²) in [5, 5.41) is 19.5. The summed E-state index contributed by atoms with van der Waals surface area (Å²) < 4.78 is 1.92. The molecule has 2 aliphatic rings. The largest absolute Gasteiger partial charge is 0.481 e. The zero-order valence-corrected chi connectivity index (χ0v) is 11.0. The van der Waals surface area contributed by atoms with Crippen LogP contribution in [-0.4, -0.2) is 49.4 Å². The number of aliphatic carboxylic acids is 1. The number of aromatic nitrogens is 3. The second-order valence-electron chi connectivity index (χ2n) is 5.35. The number of carbonyl (C=O) groups is 2. The first-order valence-corrected chi connectivity index (χ1v) is 6.77. The Balaban J connectivity index is 1.60. The molecule has 20 heavy (non-hydrogen) atoms. The van der Waals surface area contributed by atoms with Crippen molar-refractivity contribution < 1.29 is 14.7 Å². The van der Waals surface area contributed by atoms with E-state index in [0.717, 1.165) is 18.7 Å². The summed E-state index contributed by atoms with van der Waals surface area (Å²) >= 11 is 0. The summed E-state index contributed by atoms with van der Waals surface area (Å²) in [7, 11) is 0. The minimum absolute atomic E-state index is 0.0135. The normalized spacial score (nSPS) is 19.3. The summed E-state index contributed by atoms with van der Waals surface area (Å²) in [6, 6.07) is -0.475. The molecule has 0 spiro atoms. The van der Waals surface area contributed by atoms with Crippen LogP contribution < -0.4 is 5.32 Å². The van der Waals surface area contributed by atoms with E-state index >= 15 is 0 Å². The van der Waals surface area contributed by atoms with Gasteiger partial charge in [-0.05, 0) is 18.8 Å². The zero-order valence-electron chi connectivity index (χ0n) is 11.0. The maximum atomic E-state index is 12.2. The van der Waals surface area contributed by atoms with Gasteiger partial charge in [-0.25, -0.2) is 4.79 Å². The van der Waals surface area contributed by atoms with Crippen LogP contribution in [0, 0.1) is 5.92 Å². The van der Waals surface area contributed by atoms with Crippen LogP contribution in [0.2, 0.25) is 0 Å². The molecule has 0 bridgehead atoms. The van der Waals surface area contributed by atoms with E-state index < -0.39 is 5.97 Å². The molecule has 0 aromatic carbocycles. The van der Waals surface area contributed by atoms with Crippen molar-refractivity contribution in [1.82, 2.24) is 25.0 Å². The molecule has 8 nitrogen and oxygen atoms in total. The summed E-state index contributed by atoms with van der Waals surface area (Å²) in [4.78, 5) is 24.7. The summed E-state index contributed by atoms with van der Waals surface area (Å²) in [5.74, 6) is 0.191. The molecular formula is C12H17N5O3. The van der Waals surface area contributed by atoms with Gasteiger partial charge in [-0.2, -0.15) is 0 Å². The third kappa shape index (κ3) is 2.73. The Bertz CT molecular complexity index is 525. The van der Waals surface area contributed by atoms with E-state index in [2.05, 4.69) is 15.5 Å². The van der Waals surface area contributed by atoms with Gasteiger partial charge in [-0.3, -0.25) is 4.79 Å². The minimum Gasteiger partial charge on any atom is -0.481 e. The average Bonchev–Trinajstić information content (AvgIpc) is 3.15. The van der Waals surface area contributed by atoms with E-state index in [9.17, 15) is 9.59 Å². The number of nitrogens with zero attached hydrogens (tertiary/aromatic N) is 4. The molecule has 1 aliphatic heterocycles. The number of nitrogens with one attached hydrogen (secondary N) is 1. The molecule has 2 heterocycles. The lowest BCUT2D eigenvalue weighted by Gasteiger charge is -2.29. The standard InChI is InChI=1S/C12H17N5O3/c18-11(19)5-9(8-1-2-8)14-12(20)16-3-4-17-7-13-15-10(17)6-16/h7-9H,1-6H2,(H,14,20)(H,18,19). The van der Waals surface area contributed by atoms with E-state index in [0.29, 0.717) is 25.6 Å². The summed E-state index contributed by atoms with van der Waals surface area (Å²) in [6.45, 7) is 1.67. The molecule has 1 aliphatic carbocycles. The van der Waals surface area contributed by atoms with Gasteiger partial charge >= 0.3 is 12.0 Å². The first kappa shape index (κ1) is 12.9. The molecule has 2 amide bonds. The molecule has 3 rings (SSSR count). The number of fused-ring (bicyclic) bond motifs is 1. The second-order valence-corrected chi connectivity index (χ2v) is 5.35. The Kier molecular flexibility index (Phi) is 3.29. The highest BCUT2D eigenvalue weighted by Gasteiger charge is 2.35. The number of carbonyl (C=O) groups excluding carboxylic acids is 1. The van der Waals surface area contributed by atoms with Crippen LogP contribution in [0.25, 0.3) is 0 Å². The minimum atomic E-state index is -0.874. The van der Waals surface area contributed by atoms with Crippen molar-refractivity contribution in [2.45, 2.75) is 38.4 Å². The molecule has 1 atom stereocenters. The van der Waals surface area contributed by atoms with Crippen molar-refractivity contribution in [3.05, 3.63) is 12.2 Å². The Morgan fingerprint density at radius 2 is 2.25 bits per heavy atom. The quantitative estimate of drug-likeness (QED) is 0.811. The summed E-state index contributed by atoms with van der Waals surface area (Å²) in [6.07, 6.45) is 3.63. The SMILES string of the molecule is O=C(O)CC(NC(=O)N1CCn2cnnc2C1)C1CC1. The van der Waals surface area contributed by atoms with Crippen molar-refractivity contribution in [3.63, 3.8) is 0 Å². The van der Waals surface area contributed by atoms with Gasteiger partial charge in [-0.1, -0.05) is 0 Å². The molecule has 1 aromatic heterocycles. The molecule has 8 heteroatoms. The number of carboxylic acids is 1. The molecular weight excluding hydrogens is 262 g/mol.